The van der Waals surface area contributed by atoms with Crippen LogP contribution in [0.1, 0.15) is 30.1 Å². The molecule has 1 aromatic carbocycles. The summed E-state index contributed by atoms with van der Waals surface area (Å²) in [5, 5.41) is -0.216. The highest BCUT2D eigenvalue weighted by Gasteiger charge is 2.35. The minimum Gasteiger partial charge on any atom is -0.465 e. The van der Waals surface area contributed by atoms with Crippen molar-refractivity contribution in [2.45, 2.75) is 25.8 Å². The molecule has 0 radical (unpaired) electrons. The number of halogens is 2. The summed E-state index contributed by atoms with van der Waals surface area (Å²) < 4.78 is 18.3. The van der Waals surface area contributed by atoms with Crippen molar-refractivity contribution in [3.05, 3.63) is 34.6 Å². The molecule has 20 heavy (non-hydrogen) atoms. The lowest BCUT2D eigenvalue weighted by Gasteiger charge is -2.21. The molecule has 1 aromatic rings. The lowest BCUT2D eigenvalue weighted by molar-refractivity contribution is -0.144. The van der Waals surface area contributed by atoms with Crippen LogP contribution in [-0.4, -0.2) is 36.0 Å². The Kier molecular flexibility index (Phi) is 4.60. The van der Waals surface area contributed by atoms with Crippen molar-refractivity contribution in [1.82, 2.24) is 4.90 Å². The fourth-order valence-corrected chi connectivity index (χ4v) is 2.13. The van der Waals surface area contributed by atoms with Crippen molar-refractivity contribution < 1.29 is 18.7 Å². The van der Waals surface area contributed by atoms with Crippen molar-refractivity contribution in [1.29, 1.82) is 0 Å². The molecule has 1 aliphatic carbocycles. The first-order valence-corrected chi connectivity index (χ1v) is 6.83. The second-order valence-corrected chi connectivity index (χ2v) is 4.95. The third-order valence-corrected chi connectivity index (χ3v) is 3.42. The average Bonchev–Trinajstić information content (AvgIpc) is 3.23. The fraction of sp³-hybridized carbons (Fsp3) is 0.429. The molecule has 0 unspecified atom stereocenters. The van der Waals surface area contributed by atoms with E-state index in [2.05, 4.69) is 0 Å². The summed E-state index contributed by atoms with van der Waals surface area (Å²) in [6, 6.07) is 4.07. The molecule has 0 aliphatic heterocycles. The second-order valence-electron chi connectivity index (χ2n) is 4.57. The minimum absolute atomic E-state index is 0.00578. The van der Waals surface area contributed by atoms with E-state index in [-0.39, 0.29) is 29.8 Å². The van der Waals surface area contributed by atoms with Gasteiger partial charge in [0.05, 0.1) is 17.2 Å². The zero-order valence-corrected chi connectivity index (χ0v) is 11.8. The number of carbonyl (C=O) groups is 2. The summed E-state index contributed by atoms with van der Waals surface area (Å²) in [5.74, 6) is -1.56. The number of hydrogen-bond donors (Lipinski definition) is 0. The SMILES string of the molecule is CCOC(=O)CN(C(=O)c1cccc(F)c1Cl)C1CC1. The molecular formula is C14H15ClFNO3. The average molecular weight is 300 g/mol. The predicted molar refractivity (Wildman–Crippen MR) is 72.1 cm³/mol. The quantitative estimate of drug-likeness (QED) is 0.785. The van der Waals surface area contributed by atoms with E-state index < -0.39 is 17.7 Å². The number of hydrogen-bond acceptors (Lipinski definition) is 3. The summed E-state index contributed by atoms with van der Waals surface area (Å²) >= 11 is 5.82. The van der Waals surface area contributed by atoms with E-state index in [4.69, 9.17) is 16.3 Å². The van der Waals surface area contributed by atoms with Gasteiger partial charge < -0.3 is 9.64 Å². The van der Waals surface area contributed by atoms with Crippen LogP contribution in [0.2, 0.25) is 5.02 Å². The van der Waals surface area contributed by atoms with Crippen LogP contribution < -0.4 is 0 Å². The van der Waals surface area contributed by atoms with E-state index in [0.717, 1.165) is 12.8 Å². The molecule has 0 atom stereocenters. The molecule has 1 amide bonds. The van der Waals surface area contributed by atoms with Gasteiger partial charge in [-0.1, -0.05) is 17.7 Å². The molecule has 6 heteroatoms. The first kappa shape index (κ1) is 14.8. The lowest BCUT2D eigenvalue weighted by Crippen LogP contribution is -2.38. The Hall–Kier alpha value is -1.62. The number of carbonyl (C=O) groups excluding carboxylic acids is 2. The number of rotatable bonds is 5. The molecule has 108 valence electrons. The smallest absolute Gasteiger partial charge is 0.325 e. The van der Waals surface area contributed by atoms with Crippen molar-refractivity contribution in [3.8, 4) is 0 Å². The number of benzene rings is 1. The third-order valence-electron chi connectivity index (χ3n) is 3.04. The van der Waals surface area contributed by atoms with Gasteiger partial charge in [-0.3, -0.25) is 9.59 Å². The van der Waals surface area contributed by atoms with Crippen molar-refractivity contribution in [2.24, 2.45) is 0 Å². The lowest BCUT2D eigenvalue weighted by atomic mass is 10.2. The maximum absolute atomic E-state index is 13.4. The molecule has 0 N–H and O–H groups in total. The van der Waals surface area contributed by atoms with Crippen LogP contribution in [-0.2, 0) is 9.53 Å². The number of ether oxygens (including phenoxy) is 1. The van der Waals surface area contributed by atoms with Crippen LogP contribution in [0.4, 0.5) is 4.39 Å². The molecular weight excluding hydrogens is 285 g/mol. The van der Waals surface area contributed by atoms with Gasteiger partial charge in [0.1, 0.15) is 12.4 Å². The van der Waals surface area contributed by atoms with Gasteiger partial charge in [0.25, 0.3) is 5.91 Å². The normalized spacial score (nSPS) is 13.9. The largest absolute Gasteiger partial charge is 0.465 e. The zero-order valence-electron chi connectivity index (χ0n) is 11.1. The van der Waals surface area contributed by atoms with Crippen LogP contribution in [0.15, 0.2) is 18.2 Å². The Morgan fingerprint density at radius 2 is 2.15 bits per heavy atom. The molecule has 0 bridgehead atoms. The molecule has 1 fully saturated rings. The summed E-state index contributed by atoms with van der Waals surface area (Å²) in [4.78, 5) is 25.4. The number of nitrogens with zero attached hydrogens (tertiary/aromatic N) is 1. The highest BCUT2D eigenvalue weighted by atomic mass is 35.5. The standard InChI is InChI=1S/C14H15ClFNO3/c1-2-20-12(18)8-17(9-6-7-9)14(19)10-4-3-5-11(16)13(10)15/h3-5,9H,2,6-8H2,1H3. The molecule has 0 spiro atoms. The minimum atomic E-state index is -0.649. The van der Waals surface area contributed by atoms with Crippen LogP contribution in [0.25, 0.3) is 0 Å². The van der Waals surface area contributed by atoms with Gasteiger partial charge in [-0.25, -0.2) is 4.39 Å². The topological polar surface area (TPSA) is 46.6 Å². The Morgan fingerprint density at radius 1 is 1.45 bits per heavy atom. The molecule has 0 saturated heterocycles. The van der Waals surface area contributed by atoms with Crippen molar-refractivity contribution in [3.63, 3.8) is 0 Å². The molecule has 1 saturated carbocycles. The first-order valence-electron chi connectivity index (χ1n) is 6.45. The van der Waals surface area contributed by atoms with Crippen LogP contribution >= 0.6 is 11.6 Å². The van der Waals surface area contributed by atoms with E-state index in [1.165, 1.54) is 23.1 Å². The van der Waals surface area contributed by atoms with E-state index >= 15 is 0 Å². The van der Waals surface area contributed by atoms with Gasteiger partial charge in [-0.05, 0) is 31.9 Å². The van der Waals surface area contributed by atoms with E-state index in [1.54, 1.807) is 6.92 Å². The molecule has 0 heterocycles. The summed E-state index contributed by atoms with van der Waals surface area (Å²) in [6.07, 6.45) is 1.66. The third kappa shape index (κ3) is 3.28. The maximum Gasteiger partial charge on any atom is 0.325 e. The monoisotopic (exact) mass is 299 g/mol. The highest BCUT2D eigenvalue weighted by Crippen LogP contribution is 2.30. The van der Waals surface area contributed by atoms with Gasteiger partial charge in [0, 0.05) is 6.04 Å². The van der Waals surface area contributed by atoms with Gasteiger partial charge >= 0.3 is 5.97 Å². The van der Waals surface area contributed by atoms with E-state index in [0.29, 0.717) is 0 Å². The fourth-order valence-electron chi connectivity index (χ4n) is 1.92. The highest BCUT2D eigenvalue weighted by molar-refractivity contribution is 6.34. The van der Waals surface area contributed by atoms with E-state index in [1.807, 2.05) is 0 Å². The van der Waals surface area contributed by atoms with Crippen LogP contribution in [0.3, 0.4) is 0 Å². The Morgan fingerprint density at radius 3 is 2.75 bits per heavy atom. The second kappa shape index (κ2) is 6.22. The molecule has 0 aromatic heterocycles. The van der Waals surface area contributed by atoms with E-state index in [9.17, 15) is 14.0 Å². The zero-order chi connectivity index (χ0) is 14.7. The molecule has 1 aliphatic rings. The Bertz CT molecular complexity index is 531. The summed E-state index contributed by atoms with van der Waals surface area (Å²) in [7, 11) is 0. The number of amides is 1. The molecule has 4 nitrogen and oxygen atoms in total. The van der Waals surface area contributed by atoms with Gasteiger partial charge in [-0.2, -0.15) is 0 Å². The van der Waals surface area contributed by atoms with Gasteiger partial charge in [-0.15, -0.1) is 0 Å². The molecule has 2 rings (SSSR count). The maximum atomic E-state index is 13.4. The van der Waals surface area contributed by atoms with Crippen molar-refractivity contribution in [2.75, 3.05) is 13.2 Å². The number of esters is 1. The van der Waals surface area contributed by atoms with Crippen molar-refractivity contribution >= 4 is 23.5 Å². The first-order chi connectivity index (χ1) is 9.54. The van der Waals surface area contributed by atoms with Crippen LogP contribution in [0.5, 0.6) is 0 Å². The van der Waals surface area contributed by atoms with Gasteiger partial charge in [0.2, 0.25) is 0 Å². The Labute approximate surface area is 121 Å². The summed E-state index contributed by atoms with van der Waals surface area (Å²) in [5.41, 5.74) is 0.0721. The predicted octanol–water partition coefficient (Wildman–Crippen LogP) is 2.65. The Balaban J connectivity index is 2.19. The van der Waals surface area contributed by atoms with Crippen LogP contribution in [0, 0.1) is 5.82 Å². The summed E-state index contributed by atoms with van der Waals surface area (Å²) in [6.45, 7) is 1.82. The van der Waals surface area contributed by atoms with Gasteiger partial charge in [0.15, 0.2) is 0 Å².